The zero-order valence-electron chi connectivity index (χ0n) is 13.3. The quantitative estimate of drug-likeness (QED) is 0.669. The number of nitrogen functional groups attached to an aromatic ring is 1. The average Bonchev–Trinajstić information content (AvgIpc) is 2.61. The highest BCUT2D eigenvalue weighted by atomic mass is 16.5. The smallest absolute Gasteiger partial charge is 0.338 e. The Kier molecular flexibility index (Phi) is 4.79. The number of ether oxygens (including phenoxy) is 1. The van der Waals surface area contributed by atoms with Crippen LogP contribution in [0, 0.1) is 0 Å². The first-order valence-electron chi connectivity index (χ1n) is 8.03. The Balaban J connectivity index is 1.55. The molecule has 5 nitrogen and oxygen atoms in total. The van der Waals surface area contributed by atoms with Crippen molar-refractivity contribution in [2.45, 2.75) is 25.3 Å². The van der Waals surface area contributed by atoms with Gasteiger partial charge >= 0.3 is 5.97 Å². The number of fused-ring (bicyclic) bond motifs is 1. The lowest BCUT2D eigenvalue weighted by Crippen LogP contribution is -2.34. The number of esters is 1. The zero-order valence-corrected chi connectivity index (χ0v) is 13.3. The largest absolute Gasteiger partial charge is 0.452 e. The molecule has 0 aromatic heterocycles. The number of nitrogens with two attached hydrogens (primary N) is 1. The minimum atomic E-state index is -0.533. The van der Waals surface area contributed by atoms with E-state index >= 15 is 0 Å². The second kappa shape index (κ2) is 7.17. The predicted molar refractivity (Wildman–Crippen MR) is 91.4 cm³/mol. The van der Waals surface area contributed by atoms with E-state index in [9.17, 15) is 9.59 Å². The molecule has 1 atom stereocenters. The average molecular weight is 324 g/mol. The summed E-state index contributed by atoms with van der Waals surface area (Å²) in [6, 6.07) is 14.5. The lowest BCUT2D eigenvalue weighted by atomic mass is 9.88. The van der Waals surface area contributed by atoms with E-state index in [1.165, 1.54) is 5.56 Å². The zero-order chi connectivity index (χ0) is 16.9. The summed E-state index contributed by atoms with van der Waals surface area (Å²) >= 11 is 0. The lowest BCUT2D eigenvalue weighted by molar-refractivity contribution is -0.125. The van der Waals surface area contributed by atoms with Crippen LogP contribution in [0.4, 0.5) is 5.69 Å². The molecule has 0 radical (unpaired) electrons. The minimum absolute atomic E-state index is 0.0160. The Hall–Kier alpha value is -2.82. The molecule has 1 aliphatic rings. The molecule has 3 N–H and O–H groups in total. The normalized spacial score (nSPS) is 16.1. The summed E-state index contributed by atoms with van der Waals surface area (Å²) < 4.78 is 5.07. The molecule has 1 amide bonds. The molecule has 24 heavy (non-hydrogen) atoms. The molecule has 0 bridgehead atoms. The number of aryl methyl sites for hydroxylation is 1. The van der Waals surface area contributed by atoms with Gasteiger partial charge in [0.15, 0.2) is 6.61 Å². The van der Waals surface area contributed by atoms with Crippen LogP contribution in [0.15, 0.2) is 48.5 Å². The summed E-state index contributed by atoms with van der Waals surface area (Å²) in [6.07, 6.45) is 2.97. The third kappa shape index (κ3) is 3.74. The highest BCUT2D eigenvalue weighted by molar-refractivity contribution is 5.91. The Morgan fingerprint density at radius 2 is 1.88 bits per heavy atom. The second-order valence-corrected chi connectivity index (χ2v) is 5.91. The maximum atomic E-state index is 12.1. The van der Waals surface area contributed by atoms with Crippen molar-refractivity contribution in [1.29, 1.82) is 0 Å². The van der Waals surface area contributed by atoms with Crippen molar-refractivity contribution in [3.8, 4) is 0 Å². The molecule has 2 aromatic carbocycles. The van der Waals surface area contributed by atoms with E-state index in [1.54, 1.807) is 24.3 Å². The summed E-state index contributed by atoms with van der Waals surface area (Å²) in [5.74, 6) is -0.824. The number of rotatable bonds is 4. The van der Waals surface area contributed by atoms with Gasteiger partial charge in [-0.3, -0.25) is 4.79 Å². The molecule has 0 unspecified atom stereocenters. The van der Waals surface area contributed by atoms with E-state index in [0.717, 1.165) is 24.8 Å². The van der Waals surface area contributed by atoms with Gasteiger partial charge in [0.1, 0.15) is 0 Å². The van der Waals surface area contributed by atoms with Crippen molar-refractivity contribution in [1.82, 2.24) is 5.32 Å². The number of anilines is 1. The van der Waals surface area contributed by atoms with Gasteiger partial charge in [-0.05, 0) is 54.7 Å². The number of amides is 1. The van der Waals surface area contributed by atoms with Gasteiger partial charge in [-0.15, -0.1) is 0 Å². The summed E-state index contributed by atoms with van der Waals surface area (Å²) in [6.45, 7) is -0.290. The summed E-state index contributed by atoms with van der Waals surface area (Å²) in [5.41, 5.74) is 8.95. The van der Waals surface area contributed by atoms with Gasteiger partial charge < -0.3 is 15.8 Å². The van der Waals surface area contributed by atoms with E-state index in [4.69, 9.17) is 10.5 Å². The SMILES string of the molecule is Nc1ccc(C(=O)OCC(=O)N[C@H]2CCCc3ccccc32)cc1. The maximum absolute atomic E-state index is 12.1. The van der Waals surface area contributed by atoms with Crippen LogP contribution >= 0.6 is 0 Å². The summed E-state index contributed by atoms with van der Waals surface area (Å²) in [7, 11) is 0. The third-order valence-electron chi connectivity index (χ3n) is 4.19. The molecular weight excluding hydrogens is 304 g/mol. The number of hydrogen-bond acceptors (Lipinski definition) is 4. The molecule has 0 aliphatic heterocycles. The third-order valence-corrected chi connectivity index (χ3v) is 4.19. The van der Waals surface area contributed by atoms with Gasteiger partial charge in [0.25, 0.3) is 5.91 Å². The topological polar surface area (TPSA) is 81.4 Å². The van der Waals surface area contributed by atoms with Crippen molar-refractivity contribution >= 4 is 17.6 Å². The molecule has 0 saturated heterocycles. The van der Waals surface area contributed by atoms with Crippen LogP contribution in [0.25, 0.3) is 0 Å². The van der Waals surface area contributed by atoms with Crippen LogP contribution in [0.1, 0.15) is 40.4 Å². The fourth-order valence-corrected chi connectivity index (χ4v) is 2.97. The number of benzene rings is 2. The summed E-state index contributed by atoms with van der Waals surface area (Å²) in [4.78, 5) is 24.0. The number of carbonyl (C=O) groups excluding carboxylic acids is 2. The van der Waals surface area contributed by atoms with E-state index in [1.807, 2.05) is 18.2 Å². The molecule has 5 heteroatoms. The molecule has 0 saturated carbocycles. The molecule has 0 fully saturated rings. The monoisotopic (exact) mass is 324 g/mol. The Morgan fingerprint density at radius 3 is 2.67 bits per heavy atom. The van der Waals surface area contributed by atoms with E-state index in [0.29, 0.717) is 11.3 Å². The van der Waals surface area contributed by atoms with Crippen molar-refractivity contribution in [2.75, 3.05) is 12.3 Å². The number of nitrogens with one attached hydrogen (secondary N) is 1. The van der Waals surface area contributed by atoms with E-state index in [-0.39, 0.29) is 18.6 Å². The van der Waals surface area contributed by atoms with Gasteiger partial charge in [0, 0.05) is 5.69 Å². The van der Waals surface area contributed by atoms with Crippen LogP contribution in [0.5, 0.6) is 0 Å². The molecule has 2 aromatic rings. The van der Waals surface area contributed by atoms with Crippen molar-refractivity contribution in [2.24, 2.45) is 0 Å². The Bertz CT molecular complexity index is 741. The molecular formula is C19H20N2O3. The van der Waals surface area contributed by atoms with Gasteiger partial charge in [-0.1, -0.05) is 24.3 Å². The highest BCUT2D eigenvalue weighted by Crippen LogP contribution is 2.29. The van der Waals surface area contributed by atoms with E-state index < -0.39 is 5.97 Å². The van der Waals surface area contributed by atoms with Crippen molar-refractivity contribution in [3.63, 3.8) is 0 Å². The molecule has 0 spiro atoms. The molecule has 124 valence electrons. The maximum Gasteiger partial charge on any atom is 0.338 e. The van der Waals surface area contributed by atoms with Crippen LogP contribution < -0.4 is 11.1 Å². The first kappa shape index (κ1) is 16.1. The fourth-order valence-electron chi connectivity index (χ4n) is 2.97. The van der Waals surface area contributed by atoms with Crippen LogP contribution in [0.3, 0.4) is 0 Å². The Morgan fingerprint density at radius 1 is 1.12 bits per heavy atom. The van der Waals surface area contributed by atoms with E-state index in [2.05, 4.69) is 11.4 Å². The van der Waals surface area contributed by atoms with Gasteiger partial charge in [-0.25, -0.2) is 4.79 Å². The van der Waals surface area contributed by atoms with Crippen LogP contribution in [-0.4, -0.2) is 18.5 Å². The van der Waals surface area contributed by atoms with Crippen LogP contribution in [-0.2, 0) is 16.0 Å². The van der Waals surface area contributed by atoms with Crippen molar-refractivity contribution < 1.29 is 14.3 Å². The molecule has 3 rings (SSSR count). The van der Waals surface area contributed by atoms with Crippen molar-refractivity contribution in [3.05, 3.63) is 65.2 Å². The van der Waals surface area contributed by atoms with Gasteiger partial charge in [-0.2, -0.15) is 0 Å². The van der Waals surface area contributed by atoms with Gasteiger partial charge in [0.2, 0.25) is 0 Å². The second-order valence-electron chi connectivity index (χ2n) is 5.91. The summed E-state index contributed by atoms with van der Waals surface area (Å²) in [5, 5.41) is 2.95. The standard InChI is InChI=1S/C19H20N2O3/c20-15-10-8-14(9-11-15)19(23)24-12-18(22)21-17-7-3-5-13-4-1-2-6-16(13)17/h1-2,4,6,8-11,17H,3,5,7,12,20H2,(H,21,22)/t17-/m0/s1. The predicted octanol–water partition coefficient (Wildman–Crippen LogP) is 2.62. The number of carbonyl (C=O) groups is 2. The lowest BCUT2D eigenvalue weighted by Gasteiger charge is -2.26. The fraction of sp³-hybridized carbons (Fsp3) is 0.263. The first-order chi connectivity index (χ1) is 11.6. The highest BCUT2D eigenvalue weighted by Gasteiger charge is 2.21. The Labute approximate surface area is 140 Å². The molecule has 1 aliphatic carbocycles. The van der Waals surface area contributed by atoms with Gasteiger partial charge in [0.05, 0.1) is 11.6 Å². The van der Waals surface area contributed by atoms with Crippen LogP contribution in [0.2, 0.25) is 0 Å². The minimum Gasteiger partial charge on any atom is -0.452 e. The first-order valence-corrected chi connectivity index (χ1v) is 8.03. The molecule has 0 heterocycles. The number of hydrogen-bond donors (Lipinski definition) is 2.